The summed E-state index contributed by atoms with van der Waals surface area (Å²) in [5.41, 5.74) is 0. The average molecular weight is 165 g/mol. The van der Waals surface area contributed by atoms with Gasteiger partial charge in [0, 0.05) is 6.08 Å². The van der Waals surface area contributed by atoms with Crippen LogP contribution < -0.4 is 0 Å². The zero-order chi connectivity index (χ0) is 6.85. The Bertz CT molecular complexity index is 201. The van der Waals surface area contributed by atoms with Gasteiger partial charge in [-0.25, -0.2) is 4.79 Å². The van der Waals surface area contributed by atoms with Crippen LogP contribution in [-0.2, 0) is 9.53 Å². The number of rotatable bonds is 0. The van der Waals surface area contributed by atoms with Crippen LogP contribution in [-0.4, -0.2) is 5.97 Å². The van der Waals surface area contributed by atoms with Gasteiger partial charge < -0.3 is 4.74 Å². The summed E-state index contributed by atoms with van der Waals surface area (Å²) in [6.07, 6.45) is 2.66. The van der Waals surface area contributed by atoms with Crippen LogP contribution in [0.15, 0.2) is 22.4 Å². The summed E-state index contributed by atoms with van der Waals surface area (Å²) in [5.74, 6) is -0.230. The minimum absolute atomic E-state index is 0.0305. The lowest BCUT2D eigenvalue weighted by atomic mass is 10.5. The zero-order valence-corrected chi connectivity index (χ0v) is 5.74. The van der Waals surface area contributed by atoms with E-state index in [1.165, 1.54) is 12.2 Å². The number of carbonyl (C=O) groups excluding carboxylic acids is 1. The van der Waals surface area contributed by atoms with Crippen molar-refractivity contribution in [3.8, 4) is 0 Å². The molecule has 1 aliphatic rings. The van der Waals surface area contributed by atoms with E-state index in [2.05, 4.69) is 4.74 Å². The second-order valence-corrected chi connectivity index (χ2v) is 2.33. The fourth-order valence-corrected chi connectivity index (χ4v) is 0.625. The molecule has 1 rings (SSSR count). The number of carbonyl (C=O) groups is 1. The predicted molar refractivity (Wildman–Crippen MR) is 34.0 cm³/mol. The average Bonchev–Trinajstić information content (AvgIpc) is 2.14. The number of esters is 1. The zero-order valence-electron chi connectivity index (χ0n) is 4.23. The Morgan fingerprint density at radius 3 is 2.33 bits per heavy atom. The molecule has 0 saturated heterocycles. The van der Waals surface area contributed by atoms with Gasteiger partial charge in [-0.1, -0.05) is 23.2 Å². The van der Waals surface area contributed by atoms with Crippen molar-refractivity contribution in [2.45, 2.75) is 0 Å². The monoisotopic (exact) mass is 164 g/mol. The molecule has 0 saturated carbocycles. The minimum Gasteiger partial charge on any atom is -0.421 e. The van der Waals surface area contributed by atoms with E-state index in [1.54, 1.807) is 0 Å². The fraction of sp³-hybridized carbons (Fsp3) is 0. The van der Waals surface area contributed by atoms with E-state index in [9.17, 15) is 4.79 Å². The first-order valence-corrected chi connectivity index (χ1v) is 2.91. The summed E-state index contributed by atoms with van der Waals surface area (Å²) in [5, 5.41) is 0. The second kappa shape index (κ2) is 2.42. The quantitative estimate of drug-likeness (QED) is 0.511. The molecule has 0 aromatic heterocycles. The molecule has 9 heavy (non-hydrogen) atoms. The van der Waals surface area contributed by atoms with Crippen LogP contribution in [0.4, 0.5) is 0 Å². The lowest BCUT2D eigenvalue weighted by molar-refractivity contribution is -0.132. The van der Waals surface area contributed by atoms with Crippen molar-refractivity contribution in [2.24, 2.45) is 0 Å². The van der Waals surface area contributed by atoms with Gasteiger partial charge in [-0.15, -0.1) is 0 Å². The molecule has 0 aromatic carbocycles. The van der Waals surface area contributed by atoms with Crippen LogP contribution in [0.5, 0.6) is 0 Å². The third-order valence-electron chi connectivity index (χ3n) is 0.768. The molecular formula is C5H2Cl2O2. The molecule has 0 bridgehead atoms. The summed E-state index contributed by atoms with van der Waals surface area (Å²) >= 11 is 10.5. The number of hydrogen-bond donors (Lipinski definition) is 0. The van der Waals surface area contributed by atoms with Gasteiger partial charge in [-0.2, -0.15) is 0 Å². The van der Waals surface area contributed by atoms with Crippen LogP contribution >= 0.6 is 23.2 Å². The van der Waals surface area contributed by atoms with Crippen molar-refractivity contribution < 1.29 is 9.53 Å². The number of halogens is 2. The Morgan fingerprint density at radius 1 is 1.44 bits per heavy atom. The van der Waals surface area contributed by atoms with E-state index in [0.29, 0.717) is 0 Å². The Morgan fingerprint density at radius 2 is 2.11 bits per heavy atom. The van der Waals surface area contributed by atoms with Crippen molar-refractivity contribution in [3.05, 3.63) is 22.4 Å². The highest BCUT2D eigenvalue weighted by atomic mass is 35.5. The highest BCUT2D eigenvalue weighted by molar-refractivity contribution is 6.56. The van der Waals surface area contributed by atoms with Crippen LogP contribution in [0.3, 0.4) is 0 Å². The SMILES string of the molecule is O=C1C=CC(=C(Cl)Cl)O1. The number of allylic oxidation sites excluding steroid dienone is 1. The van der Waals surface area contributed by atoms with Crippen LogP contribution in [0, 0.1) is 0 Å². The Kier molecular flexibility index (Phi) is 1.78. The summed E-state index contributed by atoms with van der Waals surface area (Å²) in [7, 11) is 0. The molecule has 48 valence electrons. The van der Waals surface area contributed by atoms with Crippen molar-refractivity contribution in [3.63, 3.8) is 0 Å². The molecule has 0 aromatic rings. The number of hydrogen-bond acceptors (Lipinski definition) is 2. The molecule has 1 aliphatic heterocycles. The van der Waals surface area contributed by atoms with Gasteiger partial charge in [0.1, 0.15) is 4.49 Å². The van der Waals surface area contributed by atoms with E-state index >= 15 is 0 Å². The largest absolute Gasteiger partial charge is 0.421 e. The lowest BCUT2D eigenvalue weighted by Crippen LogP contribution is -1.89. The molecule has 4 heteroatoms. The van der Waals surface area contributed by atoms with Gasteiger partial charge in [0.2, 0.25) is 0 Å². The van der Waals surface area contributed by atoms with Crippen molar-refractivity contribution in [2.75, 3.05) is 0 Å². The third kappa shape index (κ3) is 1.47. The van der Waals surface area contributed by atoms with E-state index in [1.807, 2.05) is 0 Å². The molecule has 0 atom stereocenters. The molecule has 2 nitrogen and oxygen atoms in total. The van der Waals surface area contributed by atoms with E-state index in [4.69, 9.17) is 23.2 Å². The molecule has 0 radical (unpaired) electrons. The normalized spacial score (nSPS) is 16.2. The topological polar surface area (TPSA) is 26.3 Å². The van der Waals surface area contributed by atoms with E-state index < -0.39 is 5.97 Å². The Hall–Kier alpha value is -0.470. The van der Waals surface area contributed by atoms with Gasteiger partial charge in [0.05, 0.1) is 0 Å². The van der Waals surface area contributed by atoms with Gasteiger partial charge >= 0.3 is 5.97 Å². The predicted octanol–water partition coefficient (Wildman–Crippen LogP) is 1.75. The molecule has 0 unspecified atom stereocenters. The first-order valence-electron chi connectivity index (χ1n) is 2.15. The van der Waals surface area contributed by atoms with Gasteiger partial charge in [0.15, 0.2) is 5.76 Å². The van der Waals surface area contributed by atoms with E-state index in [-0.39, 0.29) is 10.3 Å². The highest BCUT2D eigenvalue weighted by Crippen LogP contribution is 2.20. The molecule has 0 spiro atoms. The van der Waals surface area contributed by atoms with Gasteiger partial charge in [-0.3, -0.25) is 0 Å². The standard InChI is InChI=1S/C5H2Cl2O2/c6-5(7)3-1-2-4(8)9-3/h1-2H. The number of cyclic esters (lactones) is 1. The van der Waals surface area contributed by atoms with Crippen molar-refractivity contribution >= 4 is 29.2 Å². The first kappa shape index (κ1) is 6.65. The van der Waals surface area contributed by atoms with Crippen LogP contribution in [0.25, 0.3) is 0 Å². The molecule has 1 heterocycles. The van der Waals surface area contributed by atoms with Crippen LogP contribution in [0.2, 0.25) is 0 Å². The van der Waals surface area contributed by atoms with Crippen LogP contribution in [0.1, 0.15) is 0 Å². The van der Waals surface area contributed by atoms with Gasteiger partial charge in [-0.05, 0) is 6.08 Å². The third-order valence-corrected chi connectivity index (χ3v) is 1.14. The molecule has 0 aliphatic carbocycles. The summed E-state index contributed by atoms with van der Waals surface area (Å²) in [6.45, 7) is 0. The van der Waals surface area contributed by atoms with Crippen molar-refractivity contribution in [1.29, 1.82) is 0 Å². The maximum atomic E-state index is 10.3. The highest BCUT2D eigenvalue weighted by Gasteiger charge is 2.11. The summed E-state index contributed by atoms with van der Waals surface area (Å²) < 4.78 is 4.46. The smallest absolute Gasteiger partial charge is 0.336 e. The molecular weight excluding hydrogens is 163 g/mol. The number of ether oxygens (including phenoxy) is 1. The second-order valence-electron chi connectivity index (χ2n) is 1.38. The van der Waals surface area contributed by atoms with E-state index in [0.717, 1.165) is 0 Å². The summed E-state index contributed by atoms with van der Waals surface area (Å²) in [6, 6.07) is 0. The fourth-order valence-electron chi connectivity index (χ4n) is 0.422. The summed E-state index contributed by atoms with van der Waals surface area (Å²) in [4.78, 5) is 10.3. The maximum Gasteiger partial charge on any atom is 0.336 e. The molecule has 0 fully saturated rings. The molecule has 0 N–H and O–H groups in total. The Labute approximate surface area is 61.7 Å². The molecule has 0 amide bonds. The maximum absolute atomic E-state index is 10.3. The lowest BCUT2D eigenvalue weighted by Gasteiger charge is -1.91. The van der Waals surface area contributed by atoms with Gasteiger partial charge in [0.25, 0.3) is 0 Å². The van der Waals surface area contributed by atoms with Crippen molar-refractivity contribution in [1.82, 2.24) is 0 Å². The minimum atomic E-state index is -0.441. The Balaban J connectivity index is 2.83. The first-order chi connectivity index (χ1) is 4.20.